The molecule has 3 heteroatoms. The van der Waals surface area contributed by atoms with Gasteiger partial charge in [0.2, 0.25) is 0 Å². The van der Waals surface area contributed by atoms with Gasteiger partial charge in [-0.05, 0) is 24.1 Å². The molecule has 66 valence electrons. The number of nitrogens with zero attached hydrogens (tertiary/aromatic N) is 2. The van der Waals surface area contributed by atoms with E-state index in [0.29, 0.717) is 0 Å². The van der Waals surface area contributed by atoms with Crippen molar-refractivity contribution in [2.24, 2.45) is 0 Å². The second kappa shape index (κ2) is 5.17. The Morgan fingerprint density at radius 2 is 2.08 bits per heavy atom. The summed E-state index contributed by atoms with van der Waals surface area (Å²) in [6.07, 6.45) is 4.75. The molecule has 0 atom stereocenters. The Bertz CT molecular complexity index is 213. The van der Waals surface area contributed by atoms with E-state index in [-0.39, 0.29) is 0 Å². The third-order valence-electron chi connectivity index (χ3n) is 1.60. The van der Waals surface area contributed by atoms with Crippen molar-refractivity contribution in [2.75, 3.05) is 6.54 Å². The molecule has 0 aliphatic rings. The first-order chi connectivity index (χ1) is 5.83. The van der Waals surface area contributed by atoms with E-state index in [1.54, 1.807) is 0 Å². The summed E-state index contributed by atoms with van der Waals surface area (Å²) in [5, 5.41) is 0. The predicted octanol–water partition coefficient (Wildman–Crippen LogP) is 2.14. The average Bonchev–Trinajstić information content (AvgIpc) is 2.06. The lowest BCUT2D eigenvalue weighted by atomic mass is 10.3. The molecule has 0 aromatic carbocycles. The van der Waals surface area contributed by atoms with Crippen LogP contribution in [0.2, 0.25) is 0 Å². The second-order valence-electron chi connectivity index (χ2n) is 2.74. The molecule has 0 radical (unpaired) electrons. The molecule has 2 nitrogen and oxygen atoms in total. The highest BCUT2D eigenvalue weighted by molar-refractivity contribution is 7.77. The Hall–Kier alpha value is -0.540. The van der Waals surface area contributed by atoms with Crippen LogP contribution >= 0.6 is 12.8 Å². The fourth-order valence-electron chi connectivity index (χ4n) is 1.04. The van der Waals surface area contributed by atoms with Gasteiger partial charge in [-0.1, -0.05) is 19.7 Å². The van der Waals surface area contributed by atoms with E-state index < -0.39 is 0 Å². The summed E-state index contributed by atoms with van der Waals surface area (Å²) in [6, 6.07) is 4.03. The van der Waals surface area contributed by atoms with Gasteiger partial charge in [0.05, 0.1) is 0 Å². The quantitative estimate of drug-likeness (QED) is 0.718. The van der Waals surface area contributed by atoms with Crippen molar-refractivity contribution in [1.82, 2.24) is 9.29 Å². The Morgan fingerprint density at radius 3 is 2.67 bits per heavy atom. The van der Waals surface area contributed by atoms with E-state index in [0.717, 1.165) is 19.5 Å². The highest BCUT2D eigenvalue weighted by atomic mass is 32.1. The summed E-state index contributed by atoms with van der Waals surface area (Å²) in [7, 11) is 0. The van der Waals surface area contributed by atoms with E-state index in [2.05, 4.69) is 24.7 Å². The van der Waals surface area contributed by atoms with E-state index >= 15 is 0 Å². The molecule has 0 fully saturated rings. The fourth-order valence-corrected chi connectivity index (χ4v) is 1.40. The summed E-state index contributed by atoms with van der Waals surface area (Å²) < 4.78 is 2.01. The van der Waals surface area contributed by atoms with Gasteiger partial charge in [-0.2, -0.15) is 0 Å². The third kappa shape index (κ3) is 3.24. The van der Waals surface area contributed by atoms with Gasteiger partial charge in [0.25, 0.3) is 0 Å². The lowest BCUT2D eigenvalue weighted by molar-refractivity contribution is 0.471. The molecule has 1 aromatic heterocycles. The van der Waals surface area contributed by atoms with E-state index in [1.807, 2.05) is 28.8 Å². The molecule has 12 heavy (non-hydrogen) atoms. The lowest BCUT2D eigenvalue weighted by Gasteiger charge is -2.13. The topological polar surface area (TPSA) is 16.1 Å². The predicted molar refractivity (Wildman–Crippen MR) is 53.9 cm³/mol. The van der Waals surface area contributed by atoms with Crippen LogP contribution in [-0.4, -0.2) is 15.8 Å². The first-order valence-electron chi connectivity index (χ1n) is 4.15. The maximum Gasteiger partial charge on any atom is 0.0339 e. The van der Waals surface area contributed by atoms with Crippen LogP contribution in [0.15, 0.2) is 24.5 Å². The zero-order valence-electron chi connectivity index (χ0n) is 7.27. The molecule has 1 rings (SSSR count). The van der Waals surface area contributed by atoms with Gasteiger partial charge in [0, 0.05) is 25.5 Å². The summed E-state index contributed by atoms with van der Waals surface area (Å²) in [5.74, 6) is 0. The highest BCUT2D eigenvalue weighted by Crippen LogP contribution is 2.05. The standard InChI is InChI=1S/C9H14N2S/c1-2-7-11(12)8-9-3-5-10-6-4-9/h3-6,12H,2,7-8H2,1H3. The van der Waals surface area contributed by atoms with Crippen molar-refractivity contribution in [3.05, 3.63) is 30.1 Å². The van der Waals surface area contributed by atoms with Gasteiger partial charge in [0.1, 0.15) is 0 Å². The van der Waals surface area contributed by atoms with Crippen molar-refractivity contribution < 1.29 is 0 Å². The summed E-state index contributed by atoms with van der Waals surface area (Å²) in [5.41, 5.74) is 1.26. The molecule has 0 amide bonds. The summed E-state index contributed by atoms with van der Waals surface area (Å²) in [4.78, 5) is 3.96. The molecular formula is C9H14N2S. The Labute approximate surface area is 79.2 Å². The minimum absolute atomic E-state index is 0.888. The van der Waals surface area contributed by atoms with Crippen LogP contribution < -0.4 is 0 Å². The van der Waals surface area contributed by atoms with Crippen molar-refractivity contribution in [2.45, 2.75) is 19.9 Å². The number of hydrogen-bond acceptors (Lipinski definition) is 3. The smallest absolute Gasteiger partial charge is 0.0339 e. The van der Waals surface area contributed by atoms with Crippen LogP contribution in [0, 0.1) is 0 Å². The van der Waals surface area contributed by atoms with Crippen LogP contribution in [0.1, 0.15) is 18.9 Å². The van der Waals surface area contributed by atoms with Crippen LogP contribution in [0.25, 0.3) is 0 Å². The van der Waals surface area contributed by atoms with E-state index in [4.69, 9.17) is 0 Å². The Morgan fingerprint density at radius 1 is 1.42 bits per heavy atom. The highest BCUT2D eigenvalue weighted by Gasteiger charge is 1.97. The van der Waals surface area contributed by atoms with Crippen LogP contribution in [0.4, 0.5) is 0 Å². The fraction of sp³-hybridized carbons (Fsp3) is 0.444. The van der Waals surface area contributed by atoms with Gasteiger partial charge < -0.3 is 0 Å². The molecule has 0 N–H and O–H groups in total. The Kier molecular flexibility index (Phi) is 4.11. The number of hydrogen-bond donors (Lipinski definition) is 1. The van der Waals surface area contributed by atoms with Gasteiger partial charge >= 0.3 is 0 Å². The summed E-state index contributed by atoms with van der Waals surface area (Å²) >= 11 is 4.33. The van der Waals surface area contributed by atoms with Crippen molar-refractivity contribution >= 4 is 12.8 Å². The van der Waals surface area contributed by atoms with Crippen molar-refractivity contribution in [3.8, 4) is 0 Å². The molecule has 0 aliphatic heterocycles. The van der Waals surface area contributed by atoms with Gasteiger partial charge in [0.15, 0.2) is 0 Å². The molecule has 1 heterocycles. The van der Waals surface area contributed by atoms with Crippen molar-refractivity contribution in [3.63, 3.8) is 0 Å². The molecule has 0 unspecified atom stereocenters. The number of thiol groups is 1. The summed E-state index contributed by atoms with van der Waals surface area (Å²) in [6.45, 7) is 4.06. The normalized spacial score (nSPS) is 10.6. The maximum absolute atomic E-state index is 4.33. The molecule has 1 aromatic rings. The average molecular weight is 182 g/mol. The SMILES string of the molecule is CCCN(S)Cc1ccncc1. The largest absolute Gasteiger partial charge is 0.265 e. The van der Waals surface area contributed by atoms with Gasteiger partial charge in [-0.15, -0.1) is 0 Å². The molecule has 0 aliphatic carbocycles. The minimum atomic E-state index is 0.888. The van der Waals surface area contributed by atoms with Gasteiger partial charge in [-0.25, -0.2) is 4.31 Å². The molecule has 0 bridgehead atoms. The molecule has 0 saturated carbocycles. The van der Waals surface area contributed by atoms with Crippen molar-refractivity contribution in [1.29, 1.82) is 0 Å². The number of aromatic nitrogens is 1. The van der Waals surface area contributed by atoms with Crippen LogP contribution in [0.5, 0.6) is 0 Å². The van der Waals surface area contributed by atoms with Crippen LogP contribution in [0.3, 0.4) is 0 Å². The second-order valence-corrected chi connectivity index (χ2v) is 3.31. The first-order valence-corrected chi connectivity index (χ1v) is 4.55. The molecule has 0 saturated heterocycles. The lowest BCUT2D eigenvalue weighted by Crippen LogP contribution is -2.12. The van der Waals surface area contributed by atoms with Crippen LogP contribution in [-0.2, 0) is 6.54 Å². The van der Waals surface area contributed by atoms with E-state index in [9.17, 15) is 0 Å². The molecule has 0 spiro atoms. The first kappa shape index (κ1) is 9.55. The van der Waals surface area contributed by atoms with Gasteiger partial charge in [-0.3, -0.25) is 4.98 Å². The monoisotopic (exact) mass is 182 g/mol. The zero-order chi connectivity index (χ0) is 8.81. The zero-order valence-corrected chi connectivity index (χ0v) is 8.17. The number of pyridine rings is 1. The van der Waals surface area contributed by atoms with E-state index in [1.165, 1.54) is 5.56 Å². The maximum atomic E-state index is 4.33. The Balaban J connectivity index is 2.41. The third-order valence-corrected chi connectivity index (χ3v) is 1.94. The molecular weight excluding hydrogens is 168 g/mol. The number of rotatable bonds is 4. The minimum Gasteiger partial charge on any atom is -0.265 e.